The molecule has 0 radical (unpaired) electrons. The molecule has 0 aliphatic carbocycles. The lowest BCUT2D eigenvalue weighted by Crippen LogP contribution is -1.99. The van der Waals surface area contributed by atoms with Gasteiger partial charge in [0.05, 0.1) is 5.69 Å². The Morgan fingerprint density at radius 2 is 1.94 bits per heavy atom. The largest absolute Gasteiger partial charge is 0.487 e. The first-order valence-electron chi connectivity index (χ1n) is 5.46. The van der Waals surface area contributed by atoms with E-state index < -0.39 is 0 Å². The Labute approximate surface area is 106 Å². The third-order valence-corrected chi connectivity index (χ3v) is 2.56. The van der Waals surface area contributed by atoms with E-state index in [1.165, 1.54) is 5.56 Å². The summed E-state index contributed by atoms with van der Waals surface area (Å²) in [5.41, 5.74) is 3.11. The van der Waals surface area contributed by atoms with Crippen LogP contribution in [0.2, 0.25) is 5.15 Å². The molecule has 1 aromatic heterocycles. The molecule has 0 aliphatic heterocycles. The molecule has 0 N–H and O–H groups in total. The number of hydrogen-bond acceptors (Lipinski definition) is 2. The molecule has 0 atom stereocenters. The zero-order chi connectivity index (χ0) is 12.3. The molecule has 0 unspecified atom stereocenters. The molecule has 3 heteroatoms. The molecule has 0 fully saturated rings. The topological polar surface area (TPSA) is 22.1 Å². The van der Waals surface area contributed by atoms with E-state index in [1.54, 1.807) is 0 Å². The van der Waals surface area contributed by atoms with Crippen LogP contribution in [0.5, 0.6) is 5.75 Å². The van der Waals surface area contributed by atoms with Crippen LogP contribution >= 0.6 is 11.6 Å². The molecule has 0 bridgehead atoms. The second-order valence-electron chi connectivity index (χ2n) is 4.06. The normalized spacial score (nSPS) is 10.3. The average molecular weight is 248 g/mol. The maximum absolute atomic E-state index is 5.89. The molecule has 1 aromatic carbocycles. The number of ether oxygens (including phenoxy) is 1. The second kappa shape index (κ2) is 5.19. The summed E-state index contributed by atoms with van der Waals surface area (Å²) >= 11 is 5.89. The van der Waals surface area contributed by atoms with Crippen LogP contribution < -0.4 is 4.74 Å². The highest BCUT2D eigenvalue weighted by Gasteiger charge is 2.00. The number of hydrogen-bond donors (Lipinski definition) is 0. The molecule has 0 saturated carbocycles. The van der Waals surface area contributed by atoms with Gasteiger partial charge >= 0.3 is 0 Å². The first kappa shape index (κ1) is 11.9. The fraction of sp³-hybridized carbons (Fsp3) is 0.214. The van der Waals surface area contributed by atoms with Gasteiger partial charge in [-0.3, -0.25) is 0 Å². The summed E-state index contributed by atoms with van der Waals surface area (Å²) in [6.07, 6.45) is 0. The van der Waals surface area contributed by atoms with Crippen molar-refractivity contribution in [3.05, 3.63) is 58.4 Å². The SMILES string of the molecule is Cc1cccc(OCc2cc(C)cc(Cl)n2)c1. The van der Waals surface area contributed by atoms with Crippen LogP contribution in [0.15, 0.2) is 36.4 Å². The van der Waals surface area contributed by atoms with Gasteiger partial charge in [0.25, 0.3) is 0 Å². The molecule has 1 heterocycles. The van der Waals surface area contributed by atoms with Crippen molar-refractivity contribution < 1.29 is 4.74 Å². The van der Waals surface area contributed by atoms with Gasteiger partial charge in [-0.15, -0.1) is 0 Å². The first-order valence-corrected chi connectivity index (χ1v) is 5.84. The zero-order valence-electron chi connectivity index (χ0n) is 9.90. The molecule has 2 rings (SSSR count). The lowest BCUT2D eigenvalue weighted by atomic mass is 10.2. The van der Waals surface area contributed by atoms with Crippen LogP contribution in [0.3, 0.4) is 0 Å². The van der Waals surface area contributed by atoms with Crippen molar-refractivity contribution in [1.82, 2.24) is 4.98 Å². The highest BCUT2D eigenvalue weighted by molar-refractivity contribution is 6.29. The quantitative estimate of drug-likeness (QED) is 0.767. The van der Waals surface area contributed by atoms with Crippen molar-refractivity contribution in [1.29, 1.82) is 0 Å². The minimum atomic E-state index is 0.435. The predicted molar refractivity (Wildman–Crippen MR) is 69.5 cm³/mol. The van der Waals surface area contributed by atoms with Gasteiger partial charge in [0, 0.05) is 0 Å². The third-order valence-electron chi connectivity index (χ3n) is 2.37. The van der Waals surface area contributed by atoms with Crippen molar-refractivity contribution in [2.75, 3.05) is 0 Å². The Morgan fingerprint density at radius 3 is 2.65 bits per heavy atom. The summed E-state index contributed by atoms with van der Waals surface area (Å²) < 4.78 is 5.66. The van der Waals surface area contributed by atoms with E-state index in [4.69, 9.17) is 16.3 Å². The number of halogens is 1. The maximum Gasteiger partial charge on any atom is 0.130 e. The summed E-state index contributed by atoms with van der Waals surface area (Å²) in [5, 5.41) is 0.507. The van der Waals surface area contributed by atoms with E-state index in [-0.39, 0.29) is 0 Å². The van der Waals surface area contributed by atoms with Crippen molar-refractivity contribution in [2.45, 2.75) is 20.5 Å². The summed E-state index contributed by atoms with van der Waals surface area (Å²) in [6, 6.07) is 11.7. The van der Waals surface area contributed by atoms with Gasteiger partial charge in [-0.2, -0.15) is 0 Å². The summed E-state index contributed by atoms with van der Waals surface area (Å²) in [6.45, 7) is 4.46. The lowest BCUT2D eigenvalue weighted by molar-refractivity contribution is 0.301. The van der Waals surface area contributed by atoms with Gasteiger partial charge in [0.15, 0.2) is 0 Å². The van der Waals surface area contributed by atoms with E-state index >= 15 is 0 Å². The van der Waals surface area contributed by atoms with Gasteiger partial charge in [-0.05, 0) is 49.2 Å². The molecule has 0 saturated heterocycles. The fourth-order valence-electron chi connectivity index (χ4n) is 1.63. The number of pyridine rings is 1. The van der Waals surface area contributed by atoms with Crippen LogP contribution in [0.4, 0.5) is 0 Å². The van der Waals surface area contributed by atoms with Crippen LogP contribution in [0, 0.1) is 13.8 Å². The summed E-state index contributed by atoms with van der Waals surface area (Å²) in [4.78, 5) is 4.21. The highest BCUT2D eigenvalue weighted by atomic mass is 35.5. The maximum atomic E-state index is 5.89. The standard InChI is InChI=1S/C14H14ClNO/c1-10-4-3-5-13(7-10)17-9-12-6-11(2)8-14(15)16-12/h3-8H,9H2,1-2H3. The van der Waals surface area contributed by atoms with E-state index in [0.29, 0.717) is 11.8 Å². The van der Waals surface area contributed by atoms with Crippen LogP contribution in [0.25, 0.3) is 0 Å². The highest BCUT2D eigenvalue weighted by Crippen LogP contribution is 2.15. The van der Waals surface area contributed by atoms with Gasteiger partial charge in [-0.1, -0.05) is 23.7 Å². The fourth-order valence-corrected chi connectivity index (χ4v) is 1.91. The molecule has 0 aliphatic rings. The van der Waals surface area contributed by atoms with Gasteiger partial charge < -0.3 is 4.74 Å². The molecule has 88 valence electrons. The molecular weight excluding hydrogens is 234 g/mol. The van der Waals surface area contributed by atoms with Crippen molar-refractivity contribution >= 4 is 11.6 Å². The van der Waals surface area contributed by atoms with Crippen molar-refractivity contribution in [2.24, 2.45) is 0 Å². The van der Waals surface area contributed by atoms with E-state index in [2.05, 4.69) is 4.98 Å². The Balaban J connectivity index is 2.07. The van der Waals surface area contributed by atoms with Crippen molar-refractivity contribution in [3.8, 4) is 5.75 Å². The summed E-state index contributed by atoms with van der Waals surface area (Å²) in [5.74, 6) is 0.851. The molecular formula is C14H14ClNO. The van der Waals surface area contributed by atoms with Gasteiger partial charge in [-0.25, -0.2) is 4.98 Å². The molecule has 2 nitrogen and oxygen atoms in total. The smallest absolute Gasteiger partial charge is 0.130 e. The van der Waals surface area contributed by atoms with E-state index in [1.807, 2.05) is 50.2 Å². The molecule has 17 heavy (non-hydrogen) atoms. The number of rotatable bonds is 3. The Hall–Kier alpha value is -1.54. The first-order chi connectivity index (χ1) is 8.13. The average Bonchev–Trinajstić information content (AvgIpc) is 2.25. The zero-order valence-corrected chi connectivity index (χ0v) is 10.7. The summed E-state index contributed by atoms with van der Waals surface area (Å²) in [7, 11) is 0. The monoisotopic (exact) mass is 247 g/mol. The van der Waals surface area contributed by atoms with Gasteiger partial charge in [0.2, 0.25) is 0 Å². The van der Waals surface area contributed by atoms with Crippen LogP contribution in [-0.4, -0.2) is 4.98 Å². The Kier molecular flexibility index (Phi) is 3.64. The Bertz CT molecular complexity index is 505. The van der Waals surface area contributed by atoms with E-state index in [0.717, 1.165) is 17.0 Å². The second-order valence-corrected chi connectivity index (χ2v) is 4.45. The number of aryl methyl sites for hydroxylation is 2. The van der Waals surface area contributed by atoms with Crippen LogP contribution in [0.1, 0.15) is 16.8 Å². The Morgan fingerprint density at radius 1 is 1.12 bits per heavy atom. The molecule has 0 amide bonds. The van der Waals surface area contributed by atoms with Gasteiger partial charge in [0.1, 0.15) is 17.5 Å². The number of aromatic nitrogens is 1. The predicted octanol–water partition coefficient (Wildman–Crippen LogP) is 3.93. The van der Waals surface area contributed by atoms with E-state index in [9.17, 15) is 0 Å². The molecule has 0 spiro atoms. The number of benzene rings is 1. The molecule has 2 aromatic rings. The van der Waals surface area contributed by atoms with Crippen molar-refractivity contribution in [3.63, 3.8) is 0 Å². The minimum absolute atomic E-state index is 0.435. The lowest BCUT2D eigenvalue weighted by Gasteiger charge is -2.07. The number of nitrogens with zero attached hydrogens (tertiary/aromatic N) is 1. The van der Waals surface area contributed by atoms with Crippen LogP contribution in [-0.2, 0) is 6.61 Å². The minimum Gasteiger partial charge on any atom is -0.487 e. The third kappa shape index (κ3) is 3.46.